The third kappa shape index (κ3) is 8.67. The Morgan fingerprint density at radius 2 is 1.72 bits per heavy atom. The molecule has 19 unspecified atom stereocenters. The number of hydrogen-bond donors (Lipinski definition) is 11. The maximum Gasteiger partial charge on any atom is 0.253 e. The van der Waals surface area contributed by atoms with Gasteiger partial charge in [-0.2, -0.15) is 0 Å². The monoisotopic (exact) mass is 852 g/mol. The van der Waals surface area contributed by atoms with Crippen LogP contribution in [0.15, 0.2) is 17.1 Å². The highest BCUT2D eigenvalue weighted by atomic mass is 16.7. The summed E-state index contributed by atoms with van der Waals surface area (Å²) in [5.41, 5.74) is 9.84. The number of nitrogens with two attached hydrogens (primary N) is 2. The maximum atomic E-state index is 14.9. The summed E-state index contributed by atoms with van der Waals surface area (Å²) in [7, 11) is 2.87. The number of nitrogens with zero attached hydrogens (tertiary/aromatic N) is 2. The van der Waals surface area contributed by atoms with Crippen LogP contribution in [0.4, 0.5) is 0 Å². The number of amides is 2. The summed E-state index contributed by atoms with van der Waals surface area (Å²) in [5.74, 6) is -9.06. The molecule has 0 spiro atoms. The molecule has 3 aliphatic heterocycles. The van der Waals surface area contributed by atoms with E-state index in [1.165, 1.54) is 14.2 Å². The lowest BCUT2D eigenvalue weighted by atomic mass is 9.51. The fourth-order valence-electron chi connectivity index (χ4n) is 11.5. The number of carbonyl (C=O) groups is 4. The molecular formula is C40H64N6O14. The van der Waals surface area contributed by atoms with Gasteiger partial charge in [0, 0.05) is 82.2 Å². The van der Waals surface area contributed by atoms with Crippen molar-refractivity contribution in [3.05, 3.63) is 12.2 Å². The summed E-state index contributed by atoms with van der Waals surface area (Å²) < 4.78 is 18.2. The molecule has 5 fully saturated rings. The smallest absolute Gasteiger partial charge is 0.253 e. The van der Waals surface area contributed by atoms with Crippen molar-refractivity contribution in [2.45, 2.75) is 106 Å². The van der Waals surface area contributed by atoms with Crippen molar-refractivity contribution in [1.29, 1.82) is 0 Å². The molecule has 60 heavy (non-hydrogen) atoms. The molecular weight excluding hydrogens is 788 g/mol. The average Bonchev–Trinajstić information content (AvgIpc) is 3.54. The second kappa shape index (κ2) is 19.2. The lowest BCUT2D eigenvalue weighted by molar-refractivity contribution is -0.349. The van der Waals surface area contributed by atoms with E-state index in [-0.39, 0.29) is 62.4 Å². The quantitative estimate of drug-likeness (QED) is 0.0447. The number of aliphatic hydroxyl groups excluding tert-OH is 6. The fraction of sp³-hybridized carbons (Fsp3) is 0.825. The minimum atomic E-state index is -2.34. The summed E-state index contributed by atoms with van der Waals surface area (Å²) in [4.78, 5) is 59.7. The zero-order valence-corrected chi connectivity index (χ0v) is 34.4. The first-order valence-electron chi connectivity index (χ1n) is 21.1. The standard InChI is InChI=1S/C40H64N6O14/c1-17-10-20-31(34(53)29(17)22(7-9-47)45-39(42)43-2)35(54)32-24(12-23(58-3)21(15-48)30(32)33(20)52)59-38-36(55)37(56)40(57,25(16-49)60-38)13-19(18-6-8-44-26(41)11-18)14-46-27(50)4-5-28(46)51/h4-5,17-26,29-32,34,36-38,44,47-49,53,55-57H,6-16,41H2,1-3H3,(H3,42,43,45). The predicted molar refractivity (Wildman–Crippen MR) is 210 cm³/mol. The number of Topliss-reactive ketones (excluding diaryl/α,β-unsaturated/α-hetero) is 2. The van der Waals surface area contributed by atoms with Gasteiger partial charge in [-0.3, -0.25) is 29.1 Å². The second-order valence-electron chi connectivity index (χ2n) is 17.7. The highest BCUT2D eigenvalue weighted by molar-refractivity contribution is 6.12. The van der Waals surface area contributed by atoms with E-state index in [0.29, 0.717) is 19.4 Å². The normalized spacial score (nSPS) is 43.5. The van der Waals surface area contributed by atoms with Gasteiger partial charge in [0.1, 0.15) is 35.5 Å². The van der Waals surface area contributed by atoms with Crippen LogP contribution in [0.25, 0.3) is 0 Å². The van der Waals surface area contributed by atoms with Crippen LogP contribution in [0.1, 0.15) is 45.4 Å². The molecule has 13 N–H and O–H groups in total. The zero-order valence-electron chi connectivity index (χ0n) is 34.4. The molecule has 338 valence electrons. The van der Waals surface area contributed by atoms with Gasteiger partial charge in [0.15, 0.2) is 12.2 Å². The number of nitrogens with one attached hydrogen (secondary N) is 2. The number of ether oxygens (including phenoxy) is 3. The minimum Gasteiger partial charge on any atom is -0.396 e. The number of piperidine rings is 1. The first-order chi connectivity index (χ1) is 28.5. The lowest BCUT2D eigenvalue weighted by Gasteiger charge is -2.55. The van der Waals surface area contributed by atoms with E-state index in [4.69, 9.17) is 25.7 Å². The molecule has 3 aliphatic carbocycles. The molecule has 3 heterocycles. The van der Waals surface area contributed by atoms with Crippen molar-refractivity contribution in [3.8, 4) is 0 Å². The second-order valence-corrected chi connectivity index (χ2v) is 17.7. The summed E-state index contributed by atoms with van der Waals surface area (Å²) in [5, 5.41) is 85.0. The van der Waals surface area contributed by atoms with E-state index in [9.17, 15) is 54.9 Å². The SMILES string of the molecule is CN=C(N)NC(CCO)C1C(C)CC2C(=O)C3C(CO)C(OC)CC(OC4OC(CO)C(O)(CC(CN5C(=O)C=CC5=O)C5CCNC(N)C5)C(O)C4O)C3C(=O)C2C1O. The molecule has 20 nitrogen and oxygen atoms in total. The molecule has 2 saturated heterocycles. The number of aliphatic imine (C=N–C) groups is 1. The summed E-state index contributed by atoms with van der Waals surface area (Å²) in [6.45, 7) is 0.593. The molecule has 0 aromatic carbocycles. The van der Waals surface area contributed by atoms with E-state index in [0.717, 1.165) is 17.1 Å². The fourth-order valence-corrected chi connectivity index (χ4v) is 11.5. The van der Waals surface area contributed by atoms with Crippen molar-refractivity contribution in [2.75, 3.05) is 47.1 Å². The Morgan fingerprint density at radius 3 is 2.32 bits per heavy atom. The summed E-state index contributed by atoms with van der Waals surface area (Å²) in [6, 6.07) is -0.604. The van der Waals surface area contributed by atoms with Crippen molar-refractivity contribution in [1.82, 2.24) is 15.5 Å². The first-order valence-corrected chi connectivity index (χ1v) is 21.1. The van der Waals surface area contributed by atoms with Gasteiger partial charge in [-0.1, -0.05) is 6.92 Å². The highest BCUT2D eigenvalue weighted by Gasteiger charge is 2.64. The van der Waals surface area contributed by atoms with Crippen LogP contribution >= 0.6 is 0 Å². The molecule has 6 aliphatic rings. The van der Waals surface area contributed by atoms with Gasteiger partial charge in [-0.05, 0) is 56.4 Å². The van der Waals surface area contributed by atoms with Crippen LogP contribution in [0.2, 0.25) is 0 Å². The highest BCUT2D eigenvalue weighted by Crippen LogP contribution is 2.53. The van der Waals surface area contributed by atoms with E-state index < -0.39 is 133 Å². The van der Waals surface area contributed by atoms with Crippen molar-refractivity contribution in [3.63, 3.8) is 0 Å². The van der Waals surface area contributed by atoms with Gasteiger partial charge >= 0.3 is 0 Å². The van der Waals surface area contributed by atoms with Gasteiger partial charge < -0.3 is 72.1 Å². The Morgan fingerprint density at radius 1 is 1.02 bits per heavy atom. The number of rotatable bonds is 14. The average molecular weight is 853 g/mol. The van der Waals surface area contributed by atoms with E-state index in [2.05, 4.69) is 15.6 Å². The van der Waals surface area contributed by atoms with Crippen molar-refractivity contribution in [2.24, 2.45) is 69.7 Å². The Hall–Kier alpha value is -2.99. The summed E-state index contributed by atoms with van der Waals surface area (Å²) >= 11 is 0. The van der Waals surface area contributed by atoms with Gasteiger partial charge in [0.05, 0.1) is 42.9 Å². The number of ketones is 2. The third-order valence-electron chi connectivity index (χ3n) is 14.5. The van der Waals surface area contributed by atoms with Crippen LogP contribution in [0.5, 0.6) is 0 Å². The molecule has 0 aromatic heterocycles. The van der Waals surface area contributed by atoms with Gasteiger partial charge in [0.2, 0.25) is 0 Å². The van der Waals surface area contributed by atoms with Gasteiger partial charge in [-0.25, -0.2) is 0 Å². The minimum absolute atomic E-state index is 0.0691. The largest absolute Gasteiger partial charge is 0.396 e. The van der Waals surface area contributed by atoms with Gasteiger partial charge in [0.25, 0.3) is 11.8 Å². The number of methoxy groups -OCH3 is 1. The third-order valence-corrected chi connectivity index (χ3v) is 14.5. The number of hydrogen-bond acceptors (Lipinski definition) is 17. The van der Waals surface area contributed by atoms with Crippen LogP contribution in [0.3, 0.4) is 0 Å². The number of imide groups is 1. The Labute approximate surface area is 348 Å². The molecule has 20 heteroatoms. The molecule has 0 aromatic rings. The Bertz CT molecular complexity index is 1620. The van der Waals surface area contributed by atoms with Crippen molar-refractivity contribution >= 4 is 29.3 Å². The maximum absolute atomic E-state index is 14.9. The van der Waals surface area contributed by atoms with Crippen LogP contribution in [-0.2, 0) is 33.4 Å². The Balaban J connectivity index is 1.28. The van der Waals surface area contributed by atoms with Crippen LogP contribution < -0.4 is 22.1 Å². The number of fused-ring (bicyclic) bond motifs is 2. The van der Waals surface area contributed by atoms with E-state index in [1.54, 1.807) is 0 Å². The predicted octanol–water partition coefficient (Wildman–Crippen LogP) is -4.30. The first kappa shape index (κ1) is 46.5. The summed E-state index contributed by atoms with van der Waals surface area (Å²) in [6.07, 6.45) is -7.97. The van der Waals surface area contributed by atoms with Gasteiger partial charge in [-0.15, -0.1) is 0 Å². The number of aliphatic hydroxyl groups is 7. The number of guanidine groups is 1. The topological polar surface area (TPSA) is 329 Å². The molecule has 6 rings (SSSR count). The molecule has 19 atom stereocenters. The van der Waals surface area contributed by atoms with Crippen LogP contribution in [-0.4, -0.2) is 178 Å². The molecule has 0 radical (unpaired) electrons. The lowest BCUT2D eigenvalue weighted by Crippen LogP contribution is -2.70. The molecule has 3 saturated carbocycles. The Kier molecular flexibility index (Phi) is 14.9. The van der Waals surface area contributed by atoms with Crippen LogP contribution in [0, 0.1) is 53.3 Å². The molecule has 0 bridgehead atoms. The van der Waals surface area contributed by atoms with Crippen molar-refractivity contribution < 1.29 is 69.1 Å². The van der Waals surface area contributed by atoms with E-state index in [1.807, 2.05) is 6.92 Å². The zero-order chi connectivity index (χ0) is 43.8. The number of carbonyl (C=O) groups excluding carboxylic acids is 4. The molecule has 2 amide bonds. The van der Waals surface area contributed by atoms with E-state index >= 15 is 0 Å².